The van der Waals surface area contributed by atoms with Gasteiger partial charge < -0.3 is 4.57 Å². The van der Waals surface area contributed by atoms with Gasteiger partial charge in [-0.1, -0.05) is 172 Å². The van der Waals surface area contributed by atoms with Gasteiger partial charge in [-0.3, -0.25) is 0 Å². The number of hydrogen-bond donors (Lipinski definition) is 0. The number of rotatable bonds is 4. The van der Waals surface area contributed by atoms with Gasteiger partial charge in [-0.25, -0.2) is 9.97 Å². The van der Waals surface area contributed by atoms with Crippen molar-refractivity contribution in [3.8, 4) is 50.6 Å². The molecule has 12 rings (SSSR count). The van der Waals surface area contributed by atoms with Crippen molar-refractivity contribution in [1.29, 1.82) is 0 Å². The molecular weight excluding hydrogens is 703 g/mol. The summed E-state index contributed by atoms with van der Waals surface area (Å²) in [5, 5.41) is 8.89. The van der Waals surface area contributed by atoms with Gasteiger partial charge in [-0.2, -0.15) is 0 Å². The summed E-state index contributed by atoms with van der Waals surface area (Å²) >= 11 is 0. The van der Waals surface area contributed by atoms with Crippen LogP contribution in [0.15, 0.2) is 188 Å². The highest BCUT2D eigenvalue weighted by Gasteiger charge is 2.41. The van der Waals surface area contributed by atoms with E-state index in [4.69, 9.17) is 9.97 Å². The summed E-state index contributed by atoms with van der Waals surface area (Å²) in [5.41, 5.74) is 15.1. The van der Waals surface area contributed by atoms with Gasteiger partial charge >= 0.3 is 0 Å². The van der Waals surface area contributed by atoms with Crippen LogP contribution in [0, 0.1) is 0 Å². The van der Waals surface area contributed by atoms with Gasteiger partial charge in [0.05, 0.1) is 22.2 Å². The highest BCUT2D eigenvalue weighted by molar-refractivity contribution is 6.21. The summed E-state index contributed by atoms with van der Waals surface area (Å²) in [7, 11) is 0. The van der Waals surface area contributed by atoms with E-state index < -0.39 is 0 Å². The van der Waals surface area contributed by atoms with E-state index >= 15 is 0 Å². The average Bonchev–Trinajstić information content (AvgIpc) is 3.75. The van der Waals surface area contributed by atoms with Gasteiger partial charge in [0.15, 0.2) is 5.82 Å². The summed E-state index contributed by atoms with van der Waals surface area (Å²) in [4.78, 5) is 10.2. The Kier molecular flexibility index (Phi) is 6.98. The normalized spacial score (nSPS) is 13.1. The number of hydrogen-bond acceptors (Lipinski definition) is 2. The Morgan fingerprint density at radius 1 is 0.414 bits per heavy atom. The van der Waals surface area contributed by atoms with Crippen LogP contribution in [0.3, 0.4) is 0 Å². The molecule has 0 atom stereocenters. The van der Waals surface area contributed by atoms with E-state index in [1.807, 2.05) is 12.1 Å². The highest BCUT2D eigenvalue weighted by atomic mass is 15.0. The van der Waals surface area contributed by atoms with Crippen molar-refractivity contribution in [3.63, 3.8) is 0 Å². The zero-order valence-electron chi connectivity index (χ0n) is 32.2. The molecule has 0 fully saturated rings. The Labute approximate surface area is 336 Å². The third kappa shape index (κ3) is 4.68. The lowest BCUT2D eigenvalue weighted by Crippen LogP contribution is -2.17. The number of benzene rings is 9. The van der Waals surface area contributed by atoms with E-state index in [9.17, 15) is 0 Å². The zero-order chi connectivity index (χ0) is 38.5. The first-order valence-electron chi connectivity index (χ1n) is 20.1. The van der Waals surface area contributed by atoms with E-state index in [0.717, 1.165) is 50.4 Å². The van der Waals surface area contributed by atoms with Crippen molar-refractivity contribution in [2.24, 2.45) is 0 Å². The summed E-state index contributed by atoms with van der Waals surface area (Å²) < 4.78 is 2.51. The number of para-hydroxylation sites is 2. The second-order valence-corrected chi connectivity index (χ2v) is 16.1. The molecule has 3 heteroatoms. The molecule has 0 radical (unpaired) electrons. The van der Waals surface area contributed by atoms with E-state index in [0.29, 0.717) is 0 Å². The fourth-order valence-electron chi connectivity index (χ4n) is 10.0. The first-order chi connectivity index (χ1) is 28.5. The lowest BCUT2D eigenvalue weighted by molar-refractivity contribution is 0.670. The van der Waals surface area contributed by atoms with Crippen LogP contribution in [0.25, 0.3) is 105 Å². The molecule has 11 aromatic rings. The molecule has 3 nitrogen and oxygen atoms in total. The number of nitrogens with zero attached hydrogens (tertiary/aromatic N) is 3. The van der Waals surface area contributed by atoms with E-state index in [-0.39, 0.29) is 5.41 Å². The van der Waals surface area contributed by atoms with Crippen molar-refractivity contribution in [3.05, 3.63) is 199 Å². The molecule has 0 saturated carbocycles. The lowest BCUT2D eigenvalue weighted by atomic mass is 9.78. The Balaban J connectivity index is 1.02. The Hall–Kier alpha value is -7.36. The van der Waals surface area contributed by atoms with E-state index in [1.165, 1.54) is 65.6 Å². The van der Waals surface area contributed by atoms with Crippen LogP contribution in [-0.2, 0) is 5.41 Å². The molecular formula is C55H37N3. The van der Waals surface area contributed by atoms with Gasteiger partial charge in [-0.05, 0) is 85.3 Å². The van der Waals surface area contributed by atoms with Gasteiger partial charge in [-0.15, -0.1) is 0 Å². The lowest BCUT2D eigenvalue weighted by Gasteiger charge is -2.25. The monoisotopic (exact) mass is 739 g/mol. The molecule has 0 N–H and O–H groups in total. The first kappa shape index (κ1) is 32.8. The molecule has 2 heterocycles. The summed E-state index contributed by atoms with van der Waals surface area (Å²) in [6.07, 6.45) is 0. The molecule has 0 spiro atoms. The fraction of sp³-hybridized carbons (Fsp3) is 0.0545. The first-order valence-corrected chi connectivity index (χ1v) is 20.1. The predicted molar refractivity (Wildman–Crippen MR) is 243 cm³/mol. The molecule has 9 aromatic carbocycles. The molecule has 272 valence electrons. The third-order valence-electron chi connectivity index (χ3n) is 12.5. The summed E-state index contributed by atoms with van der Waals surface area (Å²) in [5.74, 6) is 0.722. The molecule has 0 amide bonds. The fourth-order valence-corrected chi connectivity index (χ4v) is 10.0. The maximum Gasteiger partial charge on any atom is 0.160 e. The average molecular weight is 740 g/mol. The maximum absolute atomic E-state index is 5.16. The zero-order valence-corrected chi connectivity index (χ0v) is 32.2. The van der Waals surface area contributed by atoms with Crippen molar-refractivity contribution in [1.82, 2.24) is 14.5 Å². The molecule has 0 saturated heterocycles. The third-order valence-corrected chi connectivity index (χ3v) is 12.5. The number of aromatic nitrogens is 3. The smallest absolute Gasteiger partial charge is 0.160 e. The minimum absolute atomic E-state index is 0.245. The van der Waals surface area contributed by atoms with Crippen LogP contribution in [-0.4, -0.2) is 14.5 Å². The molecule has 58 heavy (non-hydrogen) atoms. The SMILES string of the molecule is CC1(C)c2c(c3ccccc3c3ccccc23)-c2ccc3c4ccccc4n(-c4ccc(-c5cccc(-c6nc(-c7ccccc7)c7ccccc7n6)c5)cc4)c3c21. The Morgan fingerprint density at radius 2 is 1.03 bits per heavy atom. The van der Waals surface area contributed by atoms with Gasteiger partial charge in [0, 0.05) is 38.4 Å². The van der Waals surface area contributed by atoms with Gasteiger partial charge in [0.1, 0.15) is 0 Å². The van der Waals surface area contributed by atoms with Gasteiger partial charge in [0.2, 0.25) is 0 Å². The molecule has 0 bridgehead atoms. The van der Waals surface area contributed by atoms with E-state index in [1.54, 1.807) is 0 Å². The molecule has 1 aliphatic carbocycles. The quantitative estimate of drug-likeness (QED) is 0.168. The largest absolute Gasteiger partial charge is 0.309 e. The molecule has 0 unspecified atom stereocenters. The van der Waals surface area contributed by atoms with E-state index in [2.05, 4.69) is 194 Å². The number of fused-ring (bicyclic) bond motifs is 13. The van der Waals surface area contributed by atoms with Gasteiger partial charge in [0.25, 0.3) is 0 Å². The minimum Gasteiger partial charge on any atom is -0.309 e. The second-order valence-electron chi connectivity index (χ2n) is 16.1. The van der Waals surface area contributed by atoms with Crippen molar-refractivity contribution < 1.29 is 0 Å². The Bertz CT molecular complexity index is 3460. The standard InChI is InChI=1S/C55H37N3/c1-55(2)50-43-23-9-7-20-40(43)39-19-6-8-22-42(39)49(50)46-32-31-44-41-21-11-13-26-48(41)58(53(44)51(46)55)38-29-27-34(28-30-38)36-17-14-18-37(33-36)54-56-47-25-12-10-24-45(47)52(57-54)35-15-4-3-5-16-35/h3-33H,1-2H3. The highest BCUT2D eigenvalue weighted by Crippen LogP contribution is 2.57. The van der Waals surface area contributed by atoms with Crippen LogP contribution in [0.2, 0.25) is 0 Å². The topological polar surface area (TPSA) is 30.7 Å². The van der Waals surface area contributed by atoms with Crippen molar-refractivity contribution in [2.45, 2.75) is 19.3 Å². The molecule has 2 aromatic heterocycles. The Morgan fingerprint density at radius 3 is 1.83 bits per heavy atom. The molecule has 1 aliphatic rings. The minimum atomic E-state index is -0.245. The van der Waals surface area contributed by atoms with Crippen LogP contribution >= 0.6 is 0 Å². The van der Waals surface area contributed by atoms with Crippen molar-refractivity contribution in [2.75, 3.05) is 0 Å². The van der Waals surface area contributed by atoms with Crippen LogP contribution < -0.4 is 0 Å². The molecule has 0 aliphatic heterocycles. The summed E-state index contributed by atoms with van der Waals surface area (Å²) in [6, 6.07) is 67.9. The van der Waals surface area contributed by atoms with Crippen molar-refractivity contribution >= 4 is 54.3 Å². The van der Waals surface area contributed by atoms with Crippen LogP contribution in [0.1, 0.15) is 25.0 Å². The maximum atomic E-state index is 5.16. The van der Waals surface area contributed by atoms with Crippen LogP contribution in [0.5, 0.6) is 0 Å². The predicted octanol–water partition coefficient (Wildman–Crippen LogP) is 14.3. The second kappa shape index (κ2) is 12.3. The van der Waals surface area contributed by atoms with Crippen LogP contribution in [0.4, 0.5) is 0 Å². The summed E-state index contributed by atoms with van der Waals surface area (Å²) in [6.45, 7) is 4.86.